The Kier molecular flexibility index (Phi) is 52.1. The van der Waals surface area contributed by atoms with Crippen molar-refractivity contribution in [1.82, 2.24) is 0 Å². The van der Waals surface area contributed by atoms with Gasteiger partial charge in [0, 0.05) is 38.0 Å². The first-order valence-electron chi connectivity index (χ1n) is 27.9. The second-order valence-electron chi connectivity index (χ2n) is 17.2. The van der Waals surface area contributed by atoms with Crippen molar-refractivity contribution in [3.8, 4) is 17.2 Å². The number of ether oxygens (including phenoxy) is 9. The van der Waals surface area contributed by atoms with Crippen LogP contribution in [0.25, 0.3) is 0 Å². The summed E-state index contributed by atoms with van der Waals surface area (Å²) in [4.78, 5) is 55.8. The normalized spacial score (nSPS) is 9.96. The zero-order valence-corrected chi connectivity index (χ0v) is 49.1. The van der Waals surface area contributed by atoms with Gasteiger partial charge in [0.15, 0.2) is 0 Å². The number of aliphatic hydroxyl groups excluding tert-OH is 1. The summed E-state index contributed by atoms with van der Waals surface area (Å²) in [5.41, 5.74) is 2.83. The van der Waals surface area contributed by atoms with Gasteiger partial charge in [-0.3, -0.25) is 0 Å². The van der Waals surface area contributed by atoms with Gasteiger partial charge >= 0.3 is 29.8 Å². The Labute approximate surface area is 484 Å². The van der Waals surface area contributed by atoms with Gasteiger partial charge < -0.3 is 47.7 Å². The average Bonchev–Trinajstić information content (AvgIpc) is 3.50. The van der Waals surface area contributed by atoms with E-state index in [4.69, 9.17) is 47.7 Å². The van der Waals surface area contributed by atoms with E-state index in [-0.39, 0.29) is 30.5 Å². The van der Waals surface area contributed by atoms with E-state index in [2.05, 4.69) is 51.6 Å². The lowest BCUT2D eigenvalue weighted by molar-refractivity contribution is -0.138. The van der Waals surface area contributed by atoms with Gasteiger partial charge in [0.25, 0.3) is 0 Å². The molecule has 3 rings (SSSR count). The minimum Gasteiger partial charge on any atom is -0.498 e. The van der Waals surface area contributed by atoms with Crippen molar-refractivity contribution >= 4 is 29.8 Å². The molecule has 81 heavy (non-hydrogen) atoms. The monoisotopic (exact) mass is 1130 g/mol. The molecule has 0 aromatic heterocycles. The summed E-state index contributed by atoms with van der Waals surface area (Å²) >= 11 is 0. The van der Waals surface area contributed by atoms with Crippen molar-refractivity contribution in [2.75, 3.05) is 66.6 Å². The van der Waals surface area contributed by atoms with Crippen LogP contribution in [0.15, 0.2) is 161 Å². The Morgan fingerprint density at radius 1 is 0.432 bits per heavy atom. The first-order chi connectivity index (χ1) is 39.4. The highest BCUT2D eigenvalue weighted by atomic mass is 16.5. The minimum atomic E-state index is -0.421. The lowest BCUT2D eigenvalue weighted by Gasteiger charge is -2.09. The highest BCUT2D eigenvalue weighted by molar-refractivity contribution is 5.91. The number of hydrogen-bond acceptors (Lipinski definition) is 15. The molecule has 0 bridgehead atoms. The minimum absolute atomic E-state index is 0.0833. The maximum atomic E-state index is 12.6. The van der Waals surface area contributed by atoms with Crippen molar-refractivity contribution in [2.45, 2.75) is 124 Å². The van der Waals surface area contributed by atoms with E-state index in [1.54, 1.807) is 37.5 Å². The zero-order valence-electron chi connectivity index (χ0n) is 49.1. The smallest absolute Gasteiger partial charge is 0.343 e. The summed E-state index contributed by atoms with van der Waals surface area (Å²) in [5.74, 6) is 1.05. The number of aryl methyl sites for hydroxylation is 2. The molecule has 0 heterocycles. The molecule has 0 aliphatic heterocycles. The molecule has 15 heteroatoms. The number of unbranched alkanes of at least 4 members (excludes halogenated alkanes) is 10. The van der Waals surface area contributed by atoms with Crippen molar-refractivity contribution in [1.29, 1.82) is 0 Å². The van der Waals surface area contributed by atoms with E-state index in [1.807, 2.05) is 63.2 Å². The van der Waals surface area contributed by atoms with Crippen LogP contribution in [-0.4, -0.2) is 102 Å². The van der Waals surface area contributed by atoms with Gasteiger partial charge in [0.1, 0.15) is 17.2 Å². The molecule has 0 aliphatic rings. The van der Waals surface area contributed by atoms with E-state index in [0.717, 1.165) is 132 Å². The maximum Gasteiger partial charge on any atom is 0.343 e. The third kappa shape index (κ3) is 47.1. The quantitative estimate of drug-likeness (QED) is 0.00827. The second kappa shape index (κ2) is 55.8. The molecule has 0 aliphatic carbocycles. The SMILES string of the molecule is C=C/C=C(\C)OCCCCCCOC(=O)C=C.C=CC(=O)OCCCCCCOc1ccc(CCc2ccc(OC(=O)c3ccc(OCCCCCCOC(=O)C=C)cc3)cc2)cc1.C=CC(=O)OCCCCOC.C=CCO.CC. The molecule has 0 saturated carbocycles. The fourth-order valence-electron chi connectivity index (χ4n) is 6.39. The number of allylic oxidation sites excluding steroid dienone is 3. The predicted molar refractivity (Wildman–Crippen MR) is 322 cm³/mol. The summed E-state index contributed by atoms with van der Waals surface area (Å²) in [5, 5.41) is 7.76. The first-order valence-corrected chi connectivity index (χ1v) is 27.9. The first kappa shape index (κ1) is 75.6. The molecule has 0 radical (unpaired) electrons. The van der Waals surface area contributed by atoms with Crippen LogP contribution in [-0.2, 0) is 60.4 Å². The number of carbonyl (C=O) groups excluding carboxylic acids is 5. The van der Waals surface area contributed by atoms with E-state index in [0.29, 0.717) is 63.3 Å². The third-order valence-electron chi connectivity index (χ3n) is 10.7. The molecule has 0 atom stereocenters. The summed E-state index contributed by atoms with van der Waals surface area (Å²) in [6.07, 6.45) is 24.6. The van der Waals surface area contributed by atoms with Crippen LogP contribution in [0.5, 0.6) is 17.2 Å². The van der Waals surface area contributed by atoms with Crippen LogP contribution < -0.4 is 14.2 Å². The summed E-state index contributed by atoms with van der Waals surface area (Å²) in [6.45, 7) is 30.6. The van der Waals surface area contributed by atoms with Crippen LogP contribution in [0.2, 0.25) is 0 Å². The van der Waals surface area contributed by atoms with Crippen LogP contribution in [0.3, 0.4) is 0 Å². The lowest BCUT2D eigenvalue weighted by atomic mass is 10.0. The Morgan fingerprint density at radius 2 is 0.741 bits per heavy atom. The molecular formula is C66H94O15. The zero-order chi connectivity index (χ0) is 60.4. The maximum absolute atomic E-state index is 12.6. The molecular weight excluding hydrogens is 1030 g/mol. The molecule has 0 saturated heterocycles. The fraction of sp³-hybridized carbons (Fsp3) is 0.439. The van der Waals surface area contributed by atoms with Crippen LogP contribution in [0, 0.1) is 0 Å². The van der Waals surface area contributed by atoms with Crippen LogP contribution >= 0.6 is 0 Å². The molecule has 0 fully saturated rings. The molecule has 3 aromatic rings. The second-order valence-corrected chi connectivity index (χ2v) is 17.2. The summed E-state index contributed by atoms with van der Waals surface area (Å²) in [7, 11) is 1.65. The fourth-order valence-corrected chi connectivity index (χ4v) is 6.39. The highest BCUT2D eigenvalue weighted by Crippen LogP contribution is 2.20. The van der Waals surface area contributed by atoms with Gasteiger partial charge in [0.05, 0.1) is 64.2 Å². The Hall–Kier alpha value is -7.49. The largest absolute Gasteiger partial charge is 0.498 e. The molecule has 448 valence electrons. The number of hydrogen-bond donors (Lipinski definition) is 1. The summed E-state index contributed by atoms with van der Waals surface area (Å²) < 4.78 is 46.9. The molecule has 3 aromatic carbocycles. The molecule has 0 amide bonds. The number of aliphatic hydroxyl groups is 1. The van der Waals surface area contributed by atoms with Crippen LogP contribution in [0.1, 0.15) is 132 Å². The third-order valence-corrected chi connectivity index (χ3v) is 10.7. The standard InChI is InChI=1S/C39H46O8.C14H22O3.C8H14O3.C3H6O.C2H6/c1-3-37(40)45-29-11-7-5-9-27-43-34-21-15-31(16-22-34)13-14-32-17-23-36(24-18-32)47-39(42)33-19-25-35(26-20-33)44-28-10-6-8-12-30-46-38(41)4-2;1-4-10-13(3)16-11-8-6-7-9-12-17-14(15)5-2;1-3-8(9)11-7-5-4-6-10-2;1-2-3-4;1-2/h3-4,15-26H,1-2,5-14,27-30H2;4-5,10H,1-2,6-9,11-12H2,3H3;3H,1,4-7H2,2H3;2,4H,1,3H2;1-2H3/b;13-10+;;;. The lowest BCUT2D eigenvalue weighted by Crippen LogP contribution is -2.08. The average molecular weight is 1130 g/mol. The molecule has 1 N–H and O–H groups in total. The highest BCUT2D eigenvalue weighted by Gasteiger charge is 2.10. The van der Waals surface area contributed by atoms with Crippen molar-refractivity contribution in [3.05, 3.63) is 177 Å². The van der Waals surface area contributed by atoms with Gasteiger partial charge in [0.2, 0.25) is 0 Å². The van der Waals surface area contributed by atoms with E-state index in [1.165, 1.54) is 29.9 Å². The van der Waals surface area contributed by atoms with Gasteiger partial charge in [-0.05, 0) is 175 Å². The van der Waals surface area contributed by atoms with Crippen molar-refractivity contribution in [2.24, 2.45) is 0 Å². The Morgan fingerprint density at radius 3 is 1.07 bits per heavy atom. The topological polar surface area (TPSA) is 189 Å². The van der Waals surface area contributed by atoms with Gasteiger partial charge in [-0.1, -0.05) is 83.2 Å². The molecule has 15 nitrogen and oxygen atoms in total. The number of esters is 5. The predicted octanol–water partition coefficient (Wildman–Crippen LogP) is 13.7. The number of carbonyl (C=O) groups is 5. The van der Waals surface area contributed by atoms with Crippen molar-refractivity contribution < 1.29 is 71.7 Å². The van der Waals surface area contributed by atoms with Gasteiger partial charge in [-0.2, -0.15) is 0 Å². The number of rotatable bonds is 40. The Balaban J connectivity index is 0. The number of benzene rings is 3. The van der Waals surface area contributed by atoms with Crippen molar-refractivity contribution in [3.63, 3.8) is 0 Å². The van der Waals surface area contributed by atoms with Gasteiger partial charge in [-0.15, -0.1) is 6.58 Å². The summed E-state index contributed by atoms with van der Waals surface area (Å²) in [6, 6.07) is 22.7. The molecule has 0 unspecified atom stereocenters. The molecule has 0 spiro atoms. The Bertz CT molecular complexity index is 2180. The van der Waals surface area contributed by atoms with E-state index in [9.17, 15) is 24.0 Å². The van der Waals surface area contributed by atoms with E-state index < -0.39 is 5.97 Å². The number of methoxy groups -OCH3 is 1. The van der Waals surface area contributed by atoms with Gasteiger partial charge in [-0.25, -0.2) is 24.0 Å². The van der Waals surface area contributed by atoms with E-state index >= 15 is 0 Å². The van der Waals surface area contributed by atoms with Crippen LogP contribution in [0.4, 0.5) is 0 Å².